The van der Waals surface area contributed by atoms with E-state index in [0.29, 0.717) is 53.7 Å². The fourth-order valence-corrected chi connectivity index (χ4v) is 5.06. The lowest BCUT2D eigenvalue weighted by Gasteiger charge is -2.33. The first-order valence-corrected chi connectivity index (χ1v) is 11.7. The van der Waals surface area contributed by atoms with E-state index >= 15 is 0 Å². The van der Waals surface area contributed by atoms with Gasteiger partial charge in [0.2, 0.25) is 5.91 Å². The quantitative estimate of drug-likeness (QED) is 0.611. The molecule has 2 N–H and O–H groups in total. The van der Waals surface area contributed by atoms with Gasteiger partial charge in [-0.15, -0.1) is 0 Å². The number of carbonyl (C=O) groups is 1. The topological polar surface area (TPSA) is 116 Å². The SMILES string of the molecule is CCOC1CCN(c2nc(SC(C(N)=O)c3ccccc3)c(C#N)c(CC)c2C#N)CC1. The van der Waals surface area contributed by atoms with Crippen molar-refractivity contribution < 1.29 is 9.53 Å². The van der Waals surface area contributed by atoms with Gasteiger partial charge in [-0.05, 0) is 37.3 Å². The zero-order valence-electron chi connectivity index (χ0n) is 18.4. The van der Waals surface area contributed by atoms with Crippen molar-refractivity contribution in [3.63, 3.8) is 0 Å². The van der Waals surface area contributed by atoms with Gasteiger partial charge in [0.15, 0.2) is 0 Å². The van der Waals surface area contributed by atoms with Gasteiger partial charge < -0.3 is 15.4 Å². The van der Waals surface area contributed by atoms with Gasteiger partial charge in [-0.2, -0.15) is 10.5 Å². The first kappa shape index (κ1) is 23.6. The van der Waals surface area contributed by atoms with Crippen molar-refractivity contribution in [2.75, 3.05) is 24.6 Å². The maximum atomic E-state index is 12.3. The normalized spacial score (nSPS) is 15.1. The molecule has 0 aliphatic carbocycles. The van der Waals surface area contributed by atoms with Gasteiger partial charge in [0.05, 0.1) is 17.2 Å². The first-order valence-electron chi connectivity index (χ1n) is 10.8. The lowest BCUT2D eigenvalue weighted by Crippen LogP contribution is -2.38. The Morgan fingerprint density at radius 1 is 1.22 bits per heavy atom. The molecular weight excluding hydrogens is 422 g/mol. The van der Waals surface area contributed by atoms with E-state index in [2.05, 4.69) is 17.0 Å². The number of nitrogens with two attached hydrogens (primary N) is 1. The predicted octanol–water partition coefficient (Wildman–Crippen LogP) is 3.71. The van der Waals surface area contributed by atoms with Crippen LogP contribution in [0.15, 0.2) is 35.4 Å². The van der Waals surface area contributed by atoms with Gasteiger partial charge in [-0.3, -0.25) is 4.79 Å². The van der Waals surface area contributed by atoms with Crippen LogP contribution < -0.4 is 10.6 Å². The molecule has 0 bridgehead atoms. The molecule has 2 heterocycles. The number of hydrogen-bond donors (Lipinski definition) is 1. The summed E-state index contributed by atoms with van der Waals surface area (Å²) in [4.78, 5) is 19.1. The van der Waals surface area contributed by atoms with E-state index < -0.39 is 11.2 Å². The monoisotopic (exact) mass is 449 g/mol. The second-order valence-electron chi connectivity index (χ2n) is 7.50. The van der Waals surface area contributed by atoms with E-state index in [9.17, 15) is 15.3 Å². The molecule has 0 radical (unpaired) electrons. The second-order valence-corrected chi connectivity index (χ2v) is 8.59. The van der Waals surface area contributed by atoms with E-state index in [1.54, 1.807) is 0 Å². The smallest absolute Gasteiger partial charge is 0.235 e. The molecule has 1 saturated heterocycles. The number of thioether (sulfide) groups is 1. The van der Waals surface area contributed by atoms with Crippen LogP contribution in [0.1, 0.15) is 54.2 Å². The third kappa shape index (κ3) is 5.04. The Bertz CT molecular complexity index is 1040. The molecule has 1 fully saturated rings. The van der Waals surface area contributed by atoms with Gasteiger partial charge >= 0.3 is 0 Å². The summed E-state index contributed by atoms with van der Waals surface area (Å²) in [5.74, 6) is 0.0606. The lowest BCUT2D eigenvalue weighted by atomic mass is 10.0. The molecule has 0 saturated carbocycles. The summed E-state index contributed by atoms with van der Waals surface area (Å²) in [7, 11) is 0. The number of carbonyl (C=O) groups excluding carboxylic acids is 1. The van der Waals surface area contributed by atoms with Gasteiger partial charge in [-0.25, -0.2) is 4.98 Å². The number of nitriles is 2. The van der Waals surface area contributed by atoms with Crippen LogP contribution in [0.4, 0.5) is 5.82 Å². The molecule has 1 amide bonds. The summed E-state index contributed by atoms with van der Waals surface area (Å²) in [6.45, 7) is 6.01. The van der Waals surface area contributed by atoms with Gasteiger partial charge in [0, 0.05) is 19.7 Å². The largest absolute Gasteiger partial charge is 0.378 e. The zero-order valence-corrected chi connectivity index (χ0v) is 19.2. The molecule has 166 valence electrons. The number of rotatable bonds is 8. The Balaban J connectivity index is 2.04. The molecule has 1 aliphatic heterocycles. The number of pyridine rings is 1. The number of primary amides is 1. The summed E-state index contributed by atoms with van der Waals surface area (Å²) in [6.07, 6.45) is 2.41. The number of anilines is 1. The minimum absolute atomic E-state index is 0.206. The van der Waals surface area contributed by atoms with Crippen LogP contribution in [0.2, 0.25) is 0 Å². The predicted molar refractivity (Wildman–Crippen MR) is 124 cm³/mol. The third-order valence-corrected chi connectivity index (χ3v) is 6.82. The van der Waals surface area contributed by atoms with Crippen LogP contribution in [0.25, 0.3) is 0 Å². The van der Waals surface area contributed by atoms with Gasteiger partial charge in [0.1, 0.15) is 28.2 Å². The average Bonchev–Trinajstić information content (AvgIpc) is 2.82. The van der Waals surface area contributed by atoms with E-state index in [0.717, 1.165) is 18.4 Å². The minimum atomic E-state index is -0.690. The highest BCUT2D eigenvalue weighted by Gasteiger charge is 2.29. The Labute approximate surface area is 193 Å². The van der Waals surface area contributed by atoms with Crippen molar-refractivity contribution in [2.24, 2.45) is 5.73 Å². The van der Waals surface area contributed by atoms with E-state index in [-0.39, 0.29) is 6.10 Å². The number of amides is 1. The summed E-state index contributed by atoms with van der Waals surface area (Å²) in [5, 5.41) is 19.6. The zero-order chi connectivity index (χ0) is 23.1. The van der Waals surface area contributed by atoms with Crippen LogP contribution in [-0.2, 0) is 16.0 Å². The fourth-order valence-electron chi connectivity index (χ4n) is 4.00. The maximum Gasteiger partial charge on any atom is 0.235 e. The highest BCUT2D eigenvalue weighted by Crippen LogP contribution is 2.39. The van der Waals surface area contributed by atoms with Crippen LogP contribution >= 0.6 is 11.8 Å². The molecular formula is C24H27N5O2S. The van der Waals surface area contributed by atoms with Crippen LogP contribution in [0.5, 0.6) is 0 Å². The number of nitrogens with zero attached hydrogens (tertiary/aromatic N) is 4. The number of hydrogen-bond acceptors (Lipinski definition) is 7. The lowest BCUT2D eigenvalue weighted by molar-refractivity contribution is -0.117. The van der Waals surface area contributed by atoms with Gasteiger partial charge in [0.25, 0.3) is 0 Å². The van der Waals surface area contributed by atoms with Crippen LogP contribution in [-0.4, -0.2) is 36.7 Å². The number of benzene rings is 1. The minimum Gasteiger partial charge on any atom is -0.378 e. The van der Waals surface area contributed by atoms with E-state index in [1.165, 1.54) is 11.8 Å². The Kier molecular flexibility index (Phi) is 8.10. The standard InChI is InChI=1S/C24H27N5O2S/c1-3-18-19(14-25)23(29-12-10-17(11-13-29)31-4-2)28-24(20(18)15-26)32-21(22(27)30)16-8-6-5-7-9-16/h5-9,17,21H,3-4,10-13H2,1-2H3,(H2,27,30). The molecule has 0 spiro atoms. The number of piperidine rings is 1. The third-order valence-electron chi connectivity index (χ3n) is 5.56. The molecule has 8 heteroatoms. The molecule has 1 aromatic heterocycles. The molecule has 1 aliphatic rings. The van der Waals surface area contributed by atoms with E-state index in [4.69, 9.17) is 15.5 Å². The number of ether oxygens (including phenoxy) is 1. The molecule has 1 unspecified atom stereocenters. The number of aromatic nitrogens is 1. The maximum absolute atomic E-state index is 12.3. The van der Waals surface area contributed by atoms with E-state index in [1.807, 2.05) is 44.2 Å². The Morgan fingerprint density at radius 3 is 2.41 bits per heavy atom. The summed E-state index contributed by atoms with van der Waals surface area (Å²) < 4.78 is 5.75. The molecule has 32 heavy (non-hydrogen) atoms. The van der Waals surface area contributed by atoms with Crippen molar-refractivity contribution in [3.8, 4) is 12.1 Å². The molecule has 1 aromatic carbocycles. The highest BCUT2D eigenvalue weighted by atomic mass is 32.2. The van der Waals surface area contributed by atoms with Crippen molar-refractivity contribution in [2.45, 2.75) is 49.5 Å². The first-order chi connectivity index (χ1) is 15.5. The highest BCUT2D eigenvalue weighted by molar-refractivity contribution is 8.00. The summed E-state index contributed by atoms with van der Waals surface area (Å²) >= 11 is 1.17. The molecule has 3 rings (SSSR count). The van der Waals surface area contributed by atoms with Gasteiger partial charge in [-0.1, -0.05) is 49.0 Å². The molecule has 2 aromatic rings. The van der Waals surface area contributed by atoms with Crippen molar-refractivity contribution in [1.29, 1.82) is 10.5 Å². The molecule has 1 atom stereocenters. The summed E-state index contributed by atoms with van der Waals surface area (Å²) in [6, 6.07) is 13.7. The molecule has 7 nitrogen and oxygen atoms in total. The van der Waals surface area contributed by atoms with Crippen LogP contribution in [0, 0.1) is 22.7 Å². The van der Waals surface area contributed by atoms with Crippen molar-refractivity contribution >= 4 is 23.5 Å². The second kappa shape index (κ2) is 11.0. The van der Waals surface area contributed by atoms with Crippen LogP contribution in [0.3, 0.4) is 0 Å². The Hall–Kier alpha value is -3.07. The Morgan fingerprint density at radius 2 is 1.88 bits per heavy atom. The summed E-state index contributed by atoms with van der Waals surface area (Å²) in [5.41, 5.74) is 7.88. The average molecular weight is 450 g/mol. The van der Waals surface area contributed by atoms with Crippen molar-refractivity contribution in [1.82, 2.24) is 4.98 Å². The fraction of sp³-hybridized carbons (Fsp3) is 0.417. The van der Waals surface area contributed by atoms with Crippen molar-refractivity contribution in [3.05, 3.63) is 52.6 Å².